The first-order valence-corrected chi connectivity index (χ1v) is 6.13. The quantitative estimate of drug-likeness (QED) is 0.265. The van der Waals surface area contributed by atoms with E-state index < -0.39 is 39.3 Å². The van der Waals surface area contributed by atoms with Crippen LogP contribution in [0.5, 0.6) is 5.75 Å². The van der Waals surface area contributed by atoms with Crippen molar-refractivity contribution >= 4 is 28.6 Å². The molecule has 22 heavy (non-hydrogen) atoms. The molecule has 0 radical (unpaired) electrons. The van der Waals surface area contributed by atoms with Crippen molar-refractivity contribution in [1.82, 2.24) is 0 Å². The SMILES string of the molecule is Nc1c(O)c([N+](=O)[O-])c(N)c2c1C(=O)c1ccccc1C2=O. The molecule has 8 nitrogen and oxygen atoms in total. The molecule has 0 unspecified atom stereocenters. The molecule has 0 amide bonds. The molecular formula is C14H9N3O5. The second-order valence-electron chi connectivity index (χ2n) is 4.74. The molecule has 0 fully saturated rings. The molecule has 0 atom stereocenters. The van der Waals surface area contributed by atoms with Gasteiger partial charge in [0.1, 0.15) is 5.69 Å². The Labute approximate surface area is 123 Å². The van der Waals surface area contributed by atoms with E-state index in [-0.39, 0.29) is 22.3 Å². The number of hydrogen-bond donors (Lipinski definition) is 3. The largest absolute Gasteiger partial charge is 0.501 e. The summed E-state index contributed by atoms with van der Waals surface area (Å²) in [6, 6.07) is 5.99. The van der Waals surface area contributed by atoms with Gasteiger partial charge in [0.15, 0.2) is 11.6 Å². The van der Waals surface area contributed by atoms with Crippen LogP contribution in [0.4, 0.5) is 17.1 Å². The van der Waals surface area contributed by atoms with Gasteiger partial charge < -0.3 is 16.6 Å². The van der Waals surface area contributed by atoms with Crippen molar-refractivity contribution in [2.75, 3.05) is 11.5 Å². The van der Waals surface area contributed by atoms with Crippen LogP contribution in [0.3, 0.4) is 0 Å². The molecular weight excluding hydrogens is 290 g/mol. The molecule has 5 N–H and O–H groups in total. The molecule has 0 bridgehead atoms. The zero-order valence-electron chi connectivity index (χ0n) is 11.0. The van der Waals surface area contributed by atoms with Crippen LogP contribution in [-0.2, 0) is 0 Å². The van der Waals surface area contributed by atoms with E-state index in [2.05, 4.69) is 0 Å². The van der Waals surface area contributed by atoms with Crippen LogP contribution in [-0.4, -0.2) is 21.6 Å². The Kier molecular flexibility index (Phi) is 2.64. The molecule has 0 spiro atoms. The molecule has 1 aliphatic carbocycles. The number of carbonyl (C=O) groups excluding carboxylic acids is 2. The fourth-order valence-electron chi connectivity index (χ4n) is 2.57. The number of nitro groups is 1. The van der Waals surface area contributed by atoms with Gasteiger partial charge in [-0.3, -0.25) is 19.7 Å². The minimum Gasteiger partial charge on any atom is -0.501 e. The molecule has 0 saturated carbocycles. The van der Waals surface area contributed by atoms with E-state index >= 15 is 0 Å². The number of nitro benzene ring substituents is 1. The fourth-order valence-corrected chi connectivity index (χ4v) is 2.57. The fraction of sp³-hybridized carbons (Fsp3) is 0. The van der Waals surface area contributed by atoms with Gasteiger partial charge in [-0.25, -0.2) is 0 Å². The summed E-state index contributed by atoms with van der Waals surface area (Å²) in [6.45, 7) is 0. The number of rotatable bonds is 1. The first-order valence-electron chi connectivity index (χ1n) is 6.13. The van der Waals surface area contributed by atoms with E-state index in [0.717, 1.165) is 0 Å². The molecule has 110 valence electrons. The highest BCUT2D eigenvalue weighted by Gasteiger charge is 2.39. The van der Waals surface area contributed by atoms with E-state index in [1.165, 1.54) is 12.1 Å². The number of benzene rings is 2. The summed E-state index contributed by atoms with van der Waals surface area (Å²) >= 11 is 0. The molecule has 0 aromatic heterocycles. The zero-order chi connectivity index (χ0) is 16.2. The molecule has 1 aliphatic rings. The van der Waals surface area contributed by atoms with Gasteiger partial charge in [0.05, 0.1) is 21.7 Å². The zero-order valence-corrected chi connectivity index (χ0v) is 11.0. The third-order valence-electron chi connectivity index (χ3n) is 3.58. The number of phenolic OH excluding ortho intramolecular Hbond substituents is 1. The lowest BCUT2D eigenvalue weighted by Crippen LogP contribution is -2.24. The number of nitrogens with two attached hydrogens (primary N) is 2. The Morgan fingerprint density at radius 1 is 0.955 bits per heavy atom. The highest BCUT2D eigenvalue weighted by Crippen LogP contribution is 2.46. The summed E-state index contributed by atoms with van der Waals surface area (Å²) in [5, 5.41) is 20.9. The molecule has 8 heteroatoms. The van der Waals surface area contributed by atoms with Crippen LogP contribution in [0.25, 0.3) is 0 Å². The number of anilines is 2. The van der Waals surface area contributed by atoms with E-state index in [1.807, 2.05) is 0 Å². The first-order chi connectivity index (χ1) is 10.4. The minimum atomic E-state index is -0.945. The smallest absolute Gasteiger partial charge is 0.336 e. The number of nitrogen functional groups attached to an aromatic ring is 2. The van der Waals surface area contributed by atoms with Crippen LogP contribution in [0.2, 0.25) is 0 Å². The summed E-state index contributed by atoms with van der Waals surface area (Å²) < 4.78 is 0. The standard InChI is InChI=1S/C14H9N3O5/c15-9-7-8(10(16)14(20)11(9)17(21)22)13(19)6-4-2-1-3-5(6)12(7)18/h1-4,20H,15-16H2. The number of aromatic hydroxyl groups is 1. The van der Waals surface area contributed by atoms with Crippen molar-refractivity contribution in [1.29, 1.82) is 0 Å². The number of hydrogen-bond acceptors (Lipinski definition) is 7. The summed E-state index contributed by atoms with van der Waals surface area (Å²) in [4.78, 5) is 35.1. The van der Waals surface area contributed by atoms with Gasteiger partial charge in [0.2, 0.25) is 5.75 Å². The maximum absolute atomic E-state index is 12.5. The Balaban J connectivity index is 2.46. The Hall–Kier alpha value is -3.42. The van der Waals surface area contributed by atoms with E-state index in [4.69, 9.17) is 11.5 Å². The number of fused-ring (bicyclic) bond motifs is 2. The normalized spacial score (nSPS) is 12.7. The number of carbonyl (C=O) groups is 2. The van der Waals surface area contributed by atoms with Gasteiger partial charge in [-0.1, -0.05) is 24.3 Å². The summed E-state index contributed by atoms with van der Waals surface area (Å²) in [5.41, 5.74) is 8.88. The third kappa shape index (κ3) is 1.51. The monoisotopic (exact) mass is 299 g/mol. The Bertz CT molecular complexity index is 889. The second-order valence-corrected chi connectivity index (χ2v) is 4.74. The minimum absolute atomic E-state index is 0.0890. The van der Waals surface area contributed by atoms with Gasteiger partial charge >= 0.3 is 5.69 Å². The van der Waals surface area contributed by atoms with Gasteiger partial charge in [-0.15, -0.1) is 0 Å². The number of nitrogens with zero attached hydrogens (tertiary/aromatic N) is 1. The predicted octanol–water partition coefficient (Wildman–Crippen LogP) is 1.24. The predicted molar refractivity (Wildman–Crippen MR) is 76.9 cm³/mol. The topological polar surface area (TPSA) is 150 Å². The highest BCUT2D eigenvalue weighted by molar-refractivity contribution is 6.32. The Morgan fingerprint density at radius 3 is 1.86 bits per heavy atom. The Morgan fingerprint density at radius 2 is 1.41 bits per heavy atom. The molecule has 0 aliphatic heterocycles. The highest BCUT2D eigenvalue weighted by atomic mass is 16.6. The lowest BCUT2D eigenvalue weighted by atomic mass is 9.81. The van der Waals surface area contributed by atoms with Crippen LogP contribution in [0.15, 0.2) is 24.3 Å². The third-order valence-corrected chi connectivity index (χ3v) is 3.58. The van der Waals surface area contributed by atoms with Crippen molar-refractivity contribution in [3.05, 3.63) is 56.6 Å². The van der Waals surface area contributed by atoms with Crippen LogP contribution < -0.4 is 11.5 Å². The van der Waals surface area contributed by atoms with E-state index in [0.29, 0.717) is 0 Å². The molecule has 2 aromatic carbocycles. The van der Waals surface area contributed by atoms with Crippen molar-refractivity contribution < 1.29 is 19.6 Å². The number of ketones is 2. The summed E-state index contributed by atoms with van der Waals surface area (Å²) in [7, 11) is 0. The maximum atomic E-state index is 12.5. The second kappa shape index (κ2) is 4.29. The lowest BCUT2D eigenvalue weighted by Gasteiger charge is -2.20. The van der Waals surface area contributed by atoms with Gasteiger partial charge in [-0.2, -0.15) is 0 Å². The maximum Gasteiger partial charge on any atom is 0.336 e. The van der Waals surface area contributed by atoms with Gasteiger partial charge in [-0.05, 0) is 0 Å². The average molecular weight is 299 g/mol. The van der Waals surface area contributed by atoms with Crippen LogP contribution >= 0.6 is 0 Å². The van der Waals surface area contributed by atoms with Gasteiger partial charge in [0, 0.05) is 11.1 Å². The van der Waals surface area contributed by atoms with Crippen molar-refractivity contribution in [2.24, 2.45) is 0 Å². The summed E-state index contributed by atoms with van der Waals surface area (Å²) in [5.74, 6) is -2.17. The van der Waals surface area contributed by atoms with Crippen molar-refractivity contribution in [3.63, 3.8) is 0 Å². The van der Waals surface area contributed by atoms with E-state index in [9.17, 15) is 24.8 Å². The molecule has 0 saturated heterocycles. The summed E-state index contributed by atoms with van der Waals surface area (Å²) in [6.07, 6.45) is 0. The lowest BCUT2D eigenvalue weighted by molar-refractivity contribution is -0.384. The van der Waals surface area contributed by atoms with Gasteiger partial charge in [0.25, 0.3) is 0 Å². The molecule has 3 rings (SSSR count). The van der Waals surface area contributed by atoms with Crippen molar-refractivity contribution in [3.8, 4) is 5.75 Å². The molecule has 2 aromatic rings. The van der Waals surface area contributed by atoms with E-state index in [1.54, 1.807) is 12.1 Å². The molecule has 0 heterocycles. The average Bonchev–Trinajstić information content (AvgIpc) is 2.48. The number of phenols is 1. The first kappa shape index (κ1) is 13.6. The van der Waals surface area contributed by atoms with Crippen molar-refractivity contribution in [2.45, 2.75) is 0 Å². The van der Waals surface area contributed by atoms with Crippen LogP contribution in [0.1, 0.15) is 31.8 Å². The van der Waals surface area contributed by atoms with Crippen LogP contribution in [0, 0.1) is 10.1 Å².